The summed E-state index contributed by atoms with van der Waals surface area (Å²) < 4.78 is 28.2. The lowest BCUT2D eigenvalue weighted by molar-refractivity contribution is -0.122. The fraction of sp³-hybridized carbons (Fsp3) is 0.348. The van der Waals surface area contributed by atoms with Crippen molar-refractivity contribution in [2.24, 2.45) is 0 Å². The molecule has 1 aliphatic carbocycles. The van der Waals surface area contributed by atoms with Crippen LogP contribution in [-0.2, 0) is 21.2 Å². The Labute approximate surface area is 182 Å². The largest absolute Gasteiger partial charge is 0.352 e. The van der Waals surface area contributed by atoms with Gasteiger partial charge in [-0.25, -0.2) is 8.42 Å². The highest BCUT2D eigenvalue weighted by molar-refractivity contribution is 7.91. The zero-order valence-corrected chi connectivity index (χ0v) is 18.3. The van der Waals surface area contributed by atoms with Crippen LogP contribution in [-0.4, -0.2) is 24.9 Å². The van der Waals surface area contributed by atoms with Gasteiger partial charge in [0.05, 0.1) is 9.79 Å². The normalized spacial score (nSPS) is 15.8. The van der Waals surface area contributed by atoms with E-state index in [0.29, 0.717) is 10.4 Å². The summed E-state index contributed by atoms with van der Waals surface area (Å²) in [5.41, 5.74) is 0.723. The molecule has 4 rings (SSSR count). The van der Waals surface area contributed by atoms with Crippen LogP contribution in [0.25, 0.3) is 10.9 Å². The highest BCUT2D eigenvalue weighted by Crippen LogP contribution is 2.30. The highest BCUT2D eigenvalue weighted by Gasteiger charge is 2.24. The number of hydrogen-bond donors (Lipinski definition) is 1. The molecule has 1 aliphatic rings. The number of halogens is 1. The van der Waals surface area contributed by atoms with Crippen LogP contribution in [0.15, 0.2) is 64.5 Å². The average molecular weight is 445 g/mol. The number of nitrogens with one attached hydrogen (secondary N) is 1. The van der Waals surface area contributed by atoms with Crippen molar-refractivity contribution in [3.63, 3.8) is 0 Å². The van der Waals surface area contributed by atoms with Gasteiger partial charge in [0.25, 0.3) is 0 Å². The molecular weight excluding hydrogens is 420 g/mol. The van der Waals surface area contributed by atoms with E-state index in [1.165, 1.54) is 25.0 Å². The van der Waals surface area contributed by atoms with Gasteiger partial charge in [0.2, 0.25) is 15.7 Å². The molecule has 1 N–H and O–H groups in total. The lowest BCUT2D eigenvalue weighted by Crippen LogP contribution is -2.36. The Bertz CT molecular complexity index is 1140. The lowest BCUT2D eigenvalue weighted by Gasteiger charge is -2.16. The summed E-state index contributed by atoms with van der Waals surface area (Å²) in [7, 11) is -3.74. The summed E-state index contributed by atoms with van der Waals surface area (Å²) in [6, 6.07) is 13.6. The summed E-state index contributed by atoms with van der Waals surface area (Å²) in [6.07, 6.45) is 8.31. The Hall–Kier alpha value is -2.31. The molecule has 1 saturated carbocycles. The Kier molecular flexibility index (Phi) is 6.16. The molecule has 2 aromatic carbocycles. The number of sulfone groups is 1. The Balaban J connectivity index is 1.64. The molecule has 0 saturated heterocycles. The van der Waals surface area contributed by atoms with E-state index in [2.05, 4.69) is 5.32 Å². The molecule has 1 fully saturated rings. The summed E-state index contributed by atoms with van der Waals surface area (Å²) in [4.78, 5) is 13.1. The first-order valence-electron chi connectivity index (χ1n) is 10.3. The topological polar surface area (TPSA) is 68.2 Å². The molecule has 0 bridgehead atoms. The molecular formula is C23H25ClN2O3S. The molecule has 158 valence electrons. The fourth-order valence-corrected chi connectivity index (χ4v) is 5.75. The van der Waals surface area contributed by atoms with Crippen molar-refractivity contribution in [1.29, 1.82) is 0 Å². The second-order valence-corrected chi connectivity index (χ2v) is 10.2. The van der Waals surface area contributed by atoms with Crippen LogP contribution < -0.4 is 5.32 Å². The molecule has 1 aromatic heterocycles. The van der Waals surface area contributed by atoms with Gasteiger partial charge in [-0.3, -0.25) is 4.79 Å². The smallest absolute Gasteiger partial charge is 0.240 e. The minimum atomic E-state index is -3.74. The van der Waals surface area contributed by atoms with Crippen molar-refractivity contribution in [3.8, 4) is 0 Å². The standard InChI is InChI=1S/C23H25ClN2O3S/c24-17-11-13-19(14-12-17)30(28,29)22-15-26(21-10-6-5-9-20(21)22)16-23(27)25-18-7-3-1-2-4-8-18/h5-6,9-15,18H,1-4,7-8,16H2,(H,25,27). The third-order valence-corrected chi connectivity index (χ3v) is 7.75. The number of para-hydroxylation sites is 1. The first-order valence-corrected chi connectivity index (χ1v) is 12.2. The molecule has 0 radical (unpaired) electrons. The predicted molar refractivity (Wildman–Crippen MR) is 118 cm³/mol. The Morgan fingerprint density at radius 1 is 1.00 bits per heavy atom. The molecule has 5 nitrogen and oxygen atoms in total. The van der Waals surface area contributed by atoms with Crippen LogP contribution in [0.1, 0.15) is 38.5 Å². The van der Waals surface area contributed by atoms with E-state index >= 15 is 0 Å². The van der Waals surface area contributed by atoms with Crippen LogP contribution in [0.2, 0.25) is 5.02 Å². The third kappa shape index (κ3) is 4.40. The lowest BCUT2D eigenvalue weighted by atomic mass is 10.1. The second-order valence-electron chi connectivity index (χ2n) is 7.85. The molecule has 1 heterocycles. The number of nitrogens with zero attached hydrogens (tertiary/aromatic N) is 1. The molecule has 0 spiro atoms. The maximum absolute atomic E-state index is 13.3. The van der Waals surface area contributed by atoms with Crippen LogP contribution in [0.5, 0.6) is 0 Å². The van der Waals surface area contributed by atoms with Crippen molar-refractivity contribution in [3.05, 3.63) is 59.8 Å². The zero-order valence-electron chi connectivity index (χ0n) is 16.7. The van der Waals surface area contributed by atoms with Crippen LogP contribution >= 0.6 is 11.6 Å². The summed E-state index contributed by atoms with van der Waals surface area (Å²) in [5, 5.41) is 4.22. The first-order chi connectivity index (χ1) is 14.4. The van der Waals surface area contributed by atoms with Crippen molar-refractivity contribution in [2.75, 3.05) is 0 Å². The van der Waals surface area contributed by atoms with Crippen LogP contribution in [0.4, 0.5) is 0 Å². The summed E-state index contributed by atoms with van der Waals surface area (Å²) in [5.74, 6) is -0.0851. The van der Waals surface area contributed by atoms with Crippen molar-refractivity contribution in [1.82, 2.24) is 9.88 Å². The maximum Gasteiger partial charge on any atom is 0.240 e. The van der Waals surface area contributed by atoms with Gasteiger partial charge in [-0.2, -0.15) is 0 Å². The number of hydrogen-bond acceptors (Lipinski definition) is 3. The monoisotopic (exact) mass is 444 g/mol. The minimum Gasteiger partial charge on any atom is -0.352 e. The SMILES string of the molecule is O=C(Cn1cc(S(=O)(=O)c2ccc(Cl)cc2)c2ccccc21)NC1CCCCCC1. The molecule has 3 aromatic rings. The van der Waals surface area contributed by atoms with Gasteiger partial charge in [0.1, 0.15) is 6.54 Å². The molecule has 0 aliphatic heterocycles. The number of carbonyl (C=O) groups is 1. The quantitative estimate of drug-likeness (QED) is 0.565. The molecule has 0 atom stereocenters. The van der Waals surface area contributed by atoms with Crippen molar-refractivity contribution in [2.45, 2.75) is 60.9 Å². The molecule has 30 heavy (non-hydrogen) atoms. The van der Waals surface area contributed by atoms with E-state index in [4.69, 9.17) is 11.6 Å². The summed E-state index contributed by atoms with van der Waals surface area (Å²) in [6.45, 7) is 0.0904. The van der Waals surface area contributed by atoms with Gasteiger partial charge in [-0.1, -0.05) is 55.5 Å². The summed E-state index contributed by atoms with van der Waals surface area (Å²) >= 11 is 5.91. The Morgan fingerprint density at radius 3 is 2.37 bits per heavy atom. The van der Waals surface area contributed by atoms with Crippen molar-refractivity contribution < 1.29 is 13.2 Å². The molecule has 1 amide bonds. The predicted octanol–water partition coefficient (Wildman–Crippen LogP) is 4.97. The van der Waals surface area contributed by atoms with E-state index in [1.807, 2.05) is 12.1 Å². The van der Waals surface area contributed by atoms with E-state index < -0.39 is 9.84 Å². The van der Waals surface area contributed by atoms with Crippen LogP contribution in [0.3, 0.4) is 0 Å². The molecule has 7 heteroatoms. The van der Waals surface area contributed by atoms with Crippen LogP contribution in [0, 0.1) is 0 Å². The van der Waals surface area contributed by atoms with E-state index in [0.717, 1.165) is 31.2 Å². The van der Waals surface area contributed by atoms with E-state index in [-0.39, 0.29) is 28.3 Å². The van der Waals surface area contributed by atoms with Gasteiger partial charge in [-0.05, 0) is 43.2 Å². The second kappa shape index (κ2) is 8.82. The minimum absolute atomic E-state index is 0.0851. The number of amides is 1. The number of fused-ring (bicyclic) bond motifs is 1. The van der Waals surface area contributed by atoms with Gasteiger partial charge >= 0.3 is 0 Å². The van der Waals surface area contributed by atoms with Gasteiger partial charge < -0.3 is 9.88 Å². The molecule has 0 unspecified atom stereocenters. The highest BCUT2D eigenvalue weighted by atomic mass is 35.5. The first kappa shape index (κ1) is 20.9. The number of rotatable bonds is 5. The number of benzene rings is 2. The van der Waals surface area contributed by atoms with E-state index in [1.54, 1.807) is 35.0 Å². The fourth-order valence-electron chi connectivity index (χ4n) is 4.15. The zero-order chi connectivity index (χ0) is 21.1. The number of aromatic nitrogens is 1. The Morgan fingerprint density at radius 2 is 1.67 bits per heavy atom. The van der Waals surface area contributed by atoms with Crippen molar-refractivity contribution >= 4 is 38.2 Å². The third-order valence-electron chi connectivity index (χ3n) is 5.70. The van der Waals surface area contributed by atoms with Gasteiger partial charge in [0.15, 0.2) is 0 Å². The number of carbonyl (C=O) groups excluding carboxylic acids is 1. The van der Waals surface area contributed by atoms with E-state index in [9.17, 15) is 13.2 Å². The van der Waals surface area contributed by atoms with Gasteiger partial charge in [0, 0.05) is 28.2 Å². The maximum atomic E-state index is 13.3. The average Bonchev–Trinajstić information content (AvgIpc) is 2.90. The van der Waals surface area contributed by atoms with Gasteiger partial charge in [-0.15, -0.1) is 0 Å².